The molecule has 4 unspecified atom stereocenters. The van der Waals surface area contributed by atoms with E-state index in [4.69, 9.17) is 18.9 Å². The first-order valence-electron chi connectivity index (χ1n) is 59.8. The molecule has 0 aromatic rings. The van der Waals surface area contributed by atoms with Gasteiger partial charge >= 0.3 is 23.9 Å². The number of thioether (sulfide) groups is 8. The highest BCUT2D eigenvalue weighted by atomic mass is 32.3. The molecule has 8 nitrogen and oxygen atoms in total. The molecule has 142 heavy (non-hydrogen) atoms. The van der Waals surface area contributed by atoms with Gasteiger partial charge in [-0.3, -0.25) is 19.2 Å². The summed E-state index contributed by atoms with van der Waals surface area (Å²) >= 11 is 14.4. The van der Waals surface area contributed by atoms with Crippen molar-refractivity contribution in [3.8, 4) is 0 Å². The number of carbonyl (C=O) groups is 4. The highest BCUT2D eigenvalue weighted by Crippen LogP contribution is 2.75. The molecule has 0 amide bonds. The minimum absolute atomic E-state index is 0.0783. The van der Waals surface area contributed by atoms with Crippen molar-refractivity contribution in [3.05, 3.63) is 72.0 Å². The first-order chi connectivity index (χ1) is 67.8. The molecular formula is C126H196O8S8. The largest absolute Gasteiger partial charge is 0.462 e. The third-order valence-corrected chi connectivity index (χ3v) is 57.2. The summed E-state index contributed by atoms with van der Waals surface area (Å²) in [6.45, 7) is 50.8. The maximum atomic E-state index is 14.4. The summed E-state index contributed by atoms with van der Waals surface area (Å²) in [6.07, 6.45) is 66.7. The van der Waals surface area contributed by atoms with E-state index in [0.29, 0.717) is 70.4 Å². The van der Waals surface area contributed by atoms with Gasteiger partial charge in [0, 0.05) is 48.7 Å². The number of rotatable bonds is 40. The Hall–Kier alpha value is -1.14. The molecule has 0 aromatic heterocycles. The van der Waals surface area contributed by atoms with E-state index in [1.165, 1.54) is 231 Å². The molecule has 18 aliphatic rings. The second kappa shape index (κ2) is 46.5. The minimum atomic E-state index is -0.0870. The van der Waals surface area contributed by atoms with Gasteiger partial charge in [0.15, 0.2) is 0 Å². The van der Waals surface area contributed by atoms with Gasteiger partial charge in [-0.05, 0) is 365 Å². The minimum Gasteiger partial charge on any atom is -0.462 e. The lowest BCUT2D eigenvalue weighted by Crippen LogP contribution is -2.51. The van der Waals surface area contributed by atoms with Crippen molar-refractivity contribution in [2.75, 3.05) is 23.0 Å². The van der Waals surface area contributed by atoms with Crippen LogP contribution in [0.15, 0.2) is 72.0 Å². The van der Waals surface area contributed by atoms with Crippen LogP contribution in [-0.4, -0.2) is 71.3 Å². The van der Waals surface area contributed by atoms with Crippen molar-refractivity contribution in [3.63, 3.8) is 0 Å². The first kappa shape index (κ1) is 111. The number of carbonyl (C=O) groups excluding carboxylic acids is 4. The van der Waals surface area contributed by atoms with E-state index in [9.17, 15) is 19.2 Å². The van der Waals surface area contributed by atoms with Crippen LogP contribution in [0, 0.1) is 185 Å². The lowest BCUT2D eigenvalue weighted by Gasteiger charge is -2.58. The van der Waals surface area contributed by atoms with Crippen LogP contribution in [0.5, 0.6) is 0 Å². The van der Waals surface area contributed by atoms with Gasteiger partial charge in [-0.2, -0.15) is 0 Å². The van der Waals surface area contributed by atoms with Crippen LogP contribution in [0.4, 0.5) is 0 Å². The standard InChI is InChI=1S/C126H196O8S8/c1-77(2)25-21-29-81(9)97-41-45-101-93-37-33-85-73-89(49-61-119(85,13)105(93)53-65-123(97,101)17)131-109(127)57-69-135-113-114(136-70-58-110(128)132-90-50-62-120(14)86(74-90)34-38-94-102-46-42-98(82(10)30-22-26-78(3)4)124(102,18)66-54-106(94)120)140-117(139-113)118-141-115(137-71-59-111(129)133-91-51-63-121(15)87(75-91)35-39-95-103-47-43-99(83(11)31-23-27-79(5)6)125(103,19)67-55-107(95)121)116(142-118)138-72-60-112(130)134-92-52-64-122(16)88(76-92)36-40-96-104-48-44-100(84(12)32-24-28-80(7)8)126(104,20)68-56-108(96)122/h33-36,77-84,89-108H,21-32,37-76H2,1-20H3/t81-,82-,83-,84-,89?,90?,91?,92?,93+,94+,95+,96+,97-,98-,99-,100-,101+,102+,103+,104+,105+,106+,107+,108+,119+,120+,121+,122+,123-,124-,125-,126-/m1/s1. The number of esters is 4. The molecule has 16 aliphatic carbocycles. The smallest absolute Gasteiger partial charge is 0.306 e. The molecule has 32 atom stereocenters. The van der Waals surface area contributed by atoms with Gasteiger partial charge in [-0.25, -0.2) is 0 Å². The summed E-state index contributed by atoms with van der Waals surface area (Å²) in [4.78, 5) is 57.7. The van der Waals surface area contributed by atoms with E-state index in [2.05, 4.69) is 163 Å². The van der Waals surface area contributed by atoms with E-state index in [1.807, 2.05) is 47.0 Å². The SMILES string of the molecule is CC(C)CCC[C@@H](C)[C@H]1CC[C@H]2[C@@H]3CC=C4CC(OC(=O)CCSC5=C(SCCC(=O)OC6CC[C@@]7(C)C(=CC[C@H]8[C@@H]9CC[C@H]([C@H](C)CCCC(C)C)[C@@]9(C)CC[C@@H]87)C6)SC(=C6SC(SCCC(=O)OC7CC[C@@]8(C)C(=CC[C@H]9[C@@H]%10CC[C@H]([C@H](C)CCCC(C)C)[C@@]%10(C)CC[C@@H]98)C7)=C(SCCC(=O)OC7CC[C@@]8(C)C(=CC[C@H]9[C@@H]%10CC[C@H]([C@H](C)CCCC(C)C)[C@@]%10(C)CC[C@@H]98)C7)S6)S5)CC[C@]4(C)[C@H]3CC[C@]12C. The Bertz CT molecular complexity index is 4100. The zero-order valence-electron chi connectivity index (χ0n) is 92.8. The zero-order chi connectivity index (χ0) is 100. The topological polar surface area (TPSA) is 105 Å². The van der Waals surface area contributed by atoms with E-state index < -0.39 is 0 Å². The van der Waals surface area contributed by atoms with Gasteiger partial charge in [0.05, 0.1) is 51.1 Å². The van der Waals surface area contributed by atoms with Crippen LogP contribution in [-0.2, 0) is 38.1 Å². The molecule has 12 fully saturated rings. The third-order valence-electron chi connectivity index (χ3n) is 45.6. The molecule has 0 spiro atoms. The third kappa shape index (κ3) is 23.0. The fourth-order valence-corrected chi connectivity index (χ4v) is 49.9. The Kier molecular flexibility index (Phi) is 36.2. The van der Waals surface area contributed by atoms with Crippen molar-refractivity contribution in [1.82, 2.24) is 0 Å². The molecule has 796 valence electrons. The Labute approximate surface area is 900 Å². The maximum absolute atomic E-state index is 14.4. The van der Waals surface area contributed by atoms with Crippen molar-refractivity contribution in [1.29, 1.82) is 0 Å². The highest BCUT2D eigenvalue weighted by molar-refractivity contribution is 8.45. The number of hydrogen-bond acceptors (Lipinski definition) is 16. The summed E-state index contributed by atoms with van der Waals surface area (Å²) in [5, 5.41) is 0. The number of fused-ring (bicyclic) bond motifs is 20. The van der Waals surface area contributed by atoms with Crippen LogP contribution in [0.2, 0.25) is 0 Å². The molecule has 16 heteroatoms. The van der Waals surface area contributed by atoms with Crippen molar-refractivity contribution in [2.24, 2.45) is 185 Å². The van der Waals surface area contributed by atoms with Crippen LogP contribution in [0.25, 0.3) is 0 Å². The van der Waals surface area contributed by atoms with Gasteiger partial charge in [-0.1, -0.05) is 309 Å². The van der Waals surface area contributed by atoms with Crippen molar-refractivity contribution in [2.45, 2.75) is 471 Å². The molecule has 2 aliphatic heterocycles. The predicted molar refractivity (Wildman–Crippen MR) is 611 cm³/mol. The van der Waals surface area contributed by atoms with Crippen LogP contribution in [0.3, 0.4) is 0 Å². The molecule has 0 bridgehead atoms. The lowest BCUT2D eigenvalue weighted by molar-refractivity contribution is -0.152. The molecule has 0 aromatic carbocycles. The average molecular weight is 2100 g/mol. The summed E-state index contributed by atoms with van der Waals surface area (Å²) in [6, 6.07) is 0. The van der Waals surface area contributed by atoms with E-state index in [-0.39, 0.29) is 70.0 Å². The normalized spacial score (nSPS) is 40.6. The van der Waals surface area contributed by atoms with Crippen LogP contribution in [0.1, 0.15) is 447 Å². The summed E-state index contributed by atoms with van der Waals surface area (Å²) in [7, 11) is 0. The van der Waals surface area contributed by atoms with E-state index >= 15 is 0 Å². The van der Waals surface area contributed by atoms with Crippen molar-refractivity contribution >= 4 is 118 Å². The summed E-state index contributed by atoms with van der Waals surface area (Å²) < 4.78 is 33.6. The second-order valence-corrected chi connectivity index (χ2v) is 65.2. The Morgan fingerprint density at radius 2 is 0.493 bits per heavy atom. The Morgan fingerprint density at radius 1 is 0.282 bits per heavy atom. The molecule has 0 N–H and O–H groups in total. The van der Waals surface area contributed by atoms with Gasteiger partial charge in [0.1, 0.15) is 24.4 Å². The van der Waals surface area contributed by atoms with Crippen LogP contribution < -0.4 is 0 Å². The van der Waals surface area contributed by atoms with E-state index in [0.717, 1.165) is 219 Å². The second-order valence-electron chi connectivity index (χ2n) is 55.1. The average Bonchev–Trinajstić information content (AvgIpc) is 1.59. The summed E-state index contributed by atoms with van der Waals surface area (Å²) in [5.41, 5.74) is 8.89. The Balaban J connectivity index is 0.530. The van der Waals surface area contributed by atoms with Gasteiger partial charge in [0.2, 0.25) is 0 Å². The highest BCUT2D eigenvalue weighted by Gasteiger charge is 2.65. The zero-order valence-corrected chi connectivity index (χ0v) is 99.3. The quantitative estimate of drug-likeness (QED) is 0.0330. The molecule has 2 heterocycles. The summed E-state index contributed by atoms with van der Waals surface area (Å²) in [5.74, 6) is 21.2. The van der Waals surface area contributed by atoms with Crippen molar-refractivity contribution < 1.29 is 38.1 Å². The Morgan fingerprint density at radius 3 is 0.697 bits per heavy atom. The van der Waals surface area contributed by atoms with Gasteiger partial charge < -0.3 is 18.9 Å². The lowest BCUT2D eigenvalue weighted by atomic mass is 9.47. The molecule has 12 saturated carbocycles. The molecule has 18 rings (SSSR count). The fourth-order valence-electron chi connectivity index (χ4n) is 38.0. The molecular weight excluding hydrogens is 1900 g/mol. The molecule has 0 saturated heterocycles. The van der Waals surface area contributed by atoms with Gasteiger partial charge in [0.25, 0.3) is 0 Å². The van der Waals surface area contributed by atoms with Gasteiger partial charge in [-0.15, -0.1) is 47.0 Å². The maximum Gasteiger partial charge on any atom is 0.306 e. The number of ether oxygens (including phenoxy) is 4. The van der Waals surface area contributed by atoms with E-state index in [1.54, 1.807) is 69.3 Å². The first-order valence-corrected chi connectivity index (χ1v) is 67.0. The predicted octanol–water partition coefficient (Wildman–Crippen LogP) is 37.6. The monoisotopic (exact) mass is 2090 g/mol. The number of hydrogen-bond donors (Lipinski definition) is 0. The fraction of sp³-hybridized carbons (Fsp3) is 0.857. The number of allylic oxidation sites excluding steroid dienone is 4. The molecule has 0 radical (unpaired) electrons. The van der Waals surface area contributed by atoms with Crippen LogP contribution >= 0.6 is 94.1 Å².